The standard InChI is InChI=1S/C39H33F2N9O2S/c1-23(44-2)35(53-3)39(52)46-37-31-18-26(12-17-34(31)50(48-37)22-25-10-15-29(41)16-11-25)27(20-42)19-32(43)38(51)45-36-30-6-4-5-7-33(30)49(47-36)21-24-8-13-28(40)14-9-24/h4-20,42-43H,2,21-22H2,1,3H3,(H,45,47,51)(H,46,48,52)/b27-19+,35-23-,42-20?,43-32?. The molecule has 0 fully saturated rings. The number of nitrogens with zero attached hydrogens (tertiary/aromatic N) is 5. The molecule has 6 aromatic rings. The van der Waals surface area contributed by atoms with Crippen molar-refractivity contribution in [1.29, 1.82) is 10.8 Å². The number of benzene rings is 4. The molecule has 2 aromatic heterocycles. The topological polar surface area (TPSA) is 154 Å². The van der Waals surface area contributed by atoms with Crippen molar-refractivity contribution in [2.45, 2.75) is 20.0 Å². The number of aromatic nitrogens is 4. The fourth-order valence-electron chi connectivity index (χ4n) is 5.68. The number of carbonyl (C=O) groups is 2. The number of para-hydroxylation sites is 1. The molecule has 6 rings (SSSR count). The van der Waals surface area contributed by atoms with Gasteiger partial charge in [0.05, 0.1) is 34.7 Å². The first-order valence-corrected chi connectivity index (χ1v) is 17.4. The van der Waals surface area contributed by atoms with Gasteiger partial charge >= 0.3 is 0 Å². The number of allylic oxidation sites excluding steroid dienone is 2. The minimum atomic E-state index is -0.745. The van der Waals surface area contributed by atoms with Crippen LogP contribution in [0.1, 0.15) is 23.6 Å². The second kappa shape index (κ2) is 15.8. The lowest BCUT2D eigenvalue weighted by atomic mass is 10.0. The van der Waals surface area contributed by atoms with E-state index >= 15 is 0 Å². The van der Waals surface area contributed by atoms with Crippen LogP contribution in [0.5, 0.6) is 0 Å². The van der Waals surface area contributed by atoms with Crippen LogP contribution in [0.15, 0.2) is 113 Å². The van der Waals surface area contributed by atoms with Crippen molar-refractivity contribution in [1.82, 2.24) is 19.6 Å². The van der Waals surface area contributed by atoms with Gasteiger partial charge in [-0.3, -0.25) is 29.4 Å². The monoisotopic (exact) mass is 729 g/mol. The van der Waals surface area contributed by atoms with Crippen LogP contribution in [0.25, 0.3) is 27.4 Å². The molecular weight excluding hydrogens is 697 g/mol. The largest absolute Gasteiger partial charge is 0.308 e. The lowest BCUT2D eigenvalue weighted by Gasteiger charge is -2.08. The Bertz CT molecular complexity index is 2470. The molecule has 0 aliphatic carbocycles. The number of rotatable bonds is 13. The third-order valence-corrected chi connectivity index (χ3v) is 9.26. The summed E-state index contributed by atoms with van der Waals surface area (Å²) in [5, 5.41) is 32.8. The van der Waals surface area contributed by atoms with Crippen LogP contribution in [-0.4, -0.2) is 56.3 Å². The van der Waals surface area contributed by atoms with Gasteiger partial charge in [0.25, 0.3) is 11.8 Å². The number of hydrogen-bond acceptors (Lipinski definition) is 8. The zero-order chi connectivity index (χ0) is 37.6. The summed E-state index contributed by atoms with van der Waals surface area (Å²) in [6.45, 7) is 5.80. The van der Waals surface area contributed by atoms with Gasteiger partial charge in [-0.25, -0.2) is 8.78 Å². The third-order valence-electron chi connectivity index (χ3n) is 8.37. The van der Waals surface area contributed by atoms with Crippen molar-refractivity contribution in [3.05, 3.63) is 136 Å². The number of anilines is 2. The van der Waals surface area contributed by atoms with E-state index in [2.05, 4.69) is 32.5 Å². The smallest absolute Gasteiger partial charge is 0.274 e. The van der Waals surface area contributed by atoms with Crippen LogP contribution >= 0.6 is 11.8 Å². The zero-order valence-electron chi connectivity index (χ0n) is 28.7. The van der Waals surface area contributed by atoms with Crippen molar-refractivity contribution in [2.75, 3.05) is 16.9 Å². The van der Waals surface area contributed by atoms with Crippen molar-refractivity contribution in [3.8, 4) is 0 Å². The number of halogens is 2. The molecule has 0 aliphatic rings. The summed E-state index contributed by atoms with van der Waals surface area (Å²) in [6, 6.07) is 24.6. The van der Waals surface area contributed by atoms with Crippen molar-refractivity contribution >= 4 is 81.2 Å². The molecule has 0 saturated heterocycles. The van der Waals surface area contributed by atoms with E-state index in [-0.39, 0.29) is 35.4 Å². The van der Waals surface area contributed by atoms with Crippen LogP contribution in [0.3, 0.4) is 0 Å². The van der Waals surface area contributed by atoms with Gasteiger partial charge in [-0.15, -0.1) is 11.8 Å². The second-order valence-electron chi connectivity index (χ2n) is 11.9. The molecule has 0 unspecified atom stereocenters. The van der Waals surface area contributed by atoms with E-state index in [0.29, 0.717) is 39.0 Å². The average Bonchev–Trinajstić information content (AvgIpc) is 3.68. The van der Waals surface area contributed by atoms with Gasteiger partial charge < -0.3 is 16.0 Å². The molecule has 0 spiro atoms. The van der Waals surface area contributed by atoms with Gasteiger partial charge in [0.2, 0.25) is 0 Å². The molecular formula is C39H33F2N9O2S. The Morgan fingerprint density at radius 3 is 1.94 bits per heavy atom. The number of thioether (sulfide) groups is 1. The summed E-state index contributed by atoms with van der Waals surface area (Å²) in [4.78, 5) is 30.9. The number of hydrogen-bond donors (Lipinski definition) is 4. The predicted octanol–water partition coefficient (Wildman–Crippen LogP) is 7.69. The lowest BCUT2D eigenvalue weighted by Crippen LogP contribution is -2.21. The van der Waals surface area contributed by atoms with E-state index in [9.17, 15) is 18.4 Å². The molecule has 53 heavy (non-hydrogen) atoms. The minimum Gasteiger partial charge on any atom is -0.308 e. The highest BCUT2D eigenvalue weighted by molar-refractivity contribution is 8.03. The molecule has 2 heterocycles. The third kappa shape index (κ3) is 8.02. The van der Waals surface area contributed by atoms with Crippen LogP contribution in [-0.2, 0) is 22.7 Å². The SMILES string of the molecule is C=N/C(C)=C(\SC)C(=O)Nc1nn(Cc2ccc(F)cc2)c2ccc(/C(C=N)=C/C(=N)C(=O)Nc3nn(Cc4ccc(F)cc4)c4ccccc34)cc12. The van der Waals surface area contributed by atoms with E-state index in [4.69, 9.17) is 10.8 Å². The van der Waals surface area contributed by atoms with Gasteiger partial charge in [-0.05, 0) is 91.2 Å². The Balaban J connectivity index is 1.30. The van der Waals surface area contributed by atoms with Crippen LogP contribution < -0.4 is 10.6 Å². The number of aliphatic imine (C=N–C) groups is 1. The van der Waals surface area contributed by atoms with E-state index in [1.165, 1.54) is 42.1 Å². The van der Waals surface area contributed by atoms with Crippen molar-refractivity contribution < 1.29 is 18.4 Å². The summed E-state index contributed by atoms with van der Waals surface area (Å²) in [5.74, 6) is -1.41. The average molecular weight is 730 g/mol. The summed E-state index contributed by atoms with van der Waals surface area (Å²) in [6.07, 6.45) is 4.06. The number of carbonyl (C=O) groups excluding carboxylic acids is 2. The van der Waals surface area contributed by atoms with E-state index in [1.54, 1.807) is 71.1 Å². The zero-order valence-corrected chi connectivity index (χ0v) is 29.5. The summed E-state index contributed by atoms with van der Waals surface area (Å²) in [5.41, 5.74) is 3.73. The van der Waals surface area contributed by atoms with Crippen LogP contribution in [0, 0.1) is 22.5 Å². The molecule has 0 saturated carbocycles. The fraction of sp³-hybridized carbons (Fsp3) is 0.103. The first-order valence-electron chi connectivity index (χ1n) is 16.2. The van der Waals surface area contributed by atoms with Gasteiger partial charge in [-0.1, -0.05) is 42.5 Å². The predicted molar refractivity (Wildman–Crippen MR) is 208 cm³/mol. The highest BCUT2D eigenvalue weighted by Crippen LogP contribution is 2.30. The Morgan fingerprint density at radius 1 is 0.830 bits per heavy atom. The fourth-order valence-corrected chi connectivity index (χ4v) is 6.28. The minimum absolute atomic E-state index is 0.234. The molecule has 14 heteroatoms. The highest BCUT2D eigenvalue weighted by atomic mass is 32.2. The molecule has 4 aromatic carbocycles. The summed E-state index contributed by atoms with van der Waals surface area (Å²) < 4.78 is 30.4. The van der Waals surface area contributed by atoms with Gasteiger partial charge in [0.1, 0.15) is 17.3 Å². The molecule has 266 valence electrons. The highest BCUT2D eigenvalue weighted by Gasteiger charge is 2.20. The van der Waals surface area contributed by atoms with Gasteiger partial charge in [0, 0.05) is 22.6 Å². The maximum Gasteiger partial charge on any atom is 0.274 e. The molecule has 0 bridgehead atoms. The van der Waals surface area contributed by atoms with Gasteiger partial charge in [-0.2, -0.15) is 10.2 Å². The lowest BCUT2D eigenvalue weighted by molar-refractivity contribution is -0.112. The molecule has 0 radical (unpaired) electrons. The van der Waals surface area contributed by atoms with Crippen molar-refractivity contribution in [3.63, 3.8) is 0 Å². The number of amides is 2. The van der Waals surface area contributed by atoms with Crippen LogP contribution in [0.2, 0.25) is 0 Å². The van der Waals surface area contributed by atoms with Gasteiger partial charge in [0.15, 0.2) is 11.6 Å². The Hall–Kier alpha value is -6.54. The maximum atomic E-state index is 13.6. The van der Waals surface area contributed by atoms with Crippen molar-refractivity contribution in [2.24, 2.45) is 4.99 Å². The summed E-state index contributed by atoms with van der Waals surface area (Å²) in [7, 11) is 0. The molecule has 2 amide bonds. The Kier molecular flexibility index (Phi) is 10.8. The second-order valence-corrected chi connectivity index (χ2v) is 12.7. The quantitative estimate of drug-likeness (QED) is 0.0709. The number of nitrogens with one attached hydrogen (secondary N) is 4. The maximum absolute atomic E-state index is 13.6. The first kappa shape index (κ1) is 36.3. The van der Waals surface area contributed by atoms with Crippen LogP contribution in [0.4, 0.5) is 20.4 Å². The Morgan fingerprint density at radius 2 is 1.38 bits per heavy atom. The molecule has 0 atom stereocenters. The van der Waals surface area contributed by atoms with E-state index in [0.717, 1.165) is 22.9 Å². The Labute approximate surface area is 307 Å². The molecule has 0 aliphatic heterocycles. The van der Waals surface area contributed by atoms with E-state index < -0.39 is 17.5 Å². The van der Waals surface area contributed by atoms with E-state index in [1.807, 2.05) is 18.2 Å². The molecule has 11 nitrogen and oxygen atoms in total. The normalized spacial score (nSPS) is 12.0. The first-order chi connectivity index (χ1) is 25.6. The number of fused-ring (bicyclic) bond motifs is 2. The molecule has 4 N–H and O–H groups in total. The summed E-state index contributed by atoms with van der Waals surface area (Å²) >= 11 is 1.22.